The van der Waals surface area contributed by atoms with E-state index in [4.69, 9.17) is 10.5 Å². The van der Waals surface area contributed by atoms with Crippen LogP contribution in [0.2, 0.25) is 0 Å². The zero-order chi connectivity index (χ0) is 13.2. The Morgan fingerprint density at radius 3 is 2.67 bits per heavy atom. The number of nitrogens with one attached hydrogen (secondary N) is 1. The summed E-state index contributed by atoms with van der Waals surface area (Å²) in [6.07, 6.45) is 1.16. The van der Waals surface area contributed by atoms with Crippen molar-refractivity contribution in [1.29, 1.82) is 0 Å². The van der Waals surface area contributed by atoms with Crippen LogP contribution in [0.25, 0.3) is 0 Å². The zero-order valence-corrected chi connectivity index (χ0v) is 10.9. The van der Waals surface area contributed by atoms with Crippen LogP contribution in [0.15, 0.2) is 6.07 Å². The summed E-state index contributed by atoms with van der Waals surface area (Å²) < 4.78 is 27.6. The normalized spacial score (nSPS) is 19.4. The Hall–Kier alpha value is -1.57. The highest BCUT2D eigenvalue weighted by molar-refractivity contribution is 7.91. The van der Waals surface area contributed by atoms with Crippen molar-refractivity contribution in [2.75, 3.05) is 29.7 Å². The van der Waals surface area contributed by atoms with Gasteiger partial charge in [-0.3, -0.25) is 0 Å². The second-order valence-corrected chi connectivity index (χ2v) is 6.53. The number of hydrogen-bond donors (Lipinski definition) is 2. The predicted molar refractivity (Wildman–Crippen MR) is 68.3 cm³/mol. The third-order valence-corrected chi connectivity index (χ3v) is 4.55. The summed E-state index contributed by atoms with van der Waals surface area (Å²) in [6.45, 7) is 0. The van der Waals surface area contributed by atoms with E-state index in [0.29, 0.717) is 24.5 Å². The standard InChI is InChI=1S/C10H16N4O3S/c1-17-9-6-8(13-10(11)14-9)12-7-2-4-18(15,16)5-3-7/h6-7H,2-5H2,1H3,(H3,11,12,13,14). The number of aromatic nitrogens is 2. The number of anilines is 2. The van der Waals surface area contributed by atoms with Crippen molar-refractivity contribution in [2.45, 2.75) is 18.9 Å². The smallest absolute Gasteiger partial charge is 0.225 e. The molecule has 2 rings (SSSR count). The van der Waals surface area contributed by atoms with Gasteiger partial charge in [0.05, 0.1) is 18.6 Å². The van der Waals surface area contributed by atoms with Gasteiger partial charge in [-0.15, -0.1) is 0 Å². The largest absolute Gasteiger partial charge is 0.481 e. The lowest BCUT2D eigenvalue weighted by atomic mass is 10.1. The topological polar surface area (TPSA) is 107 Å². The van der Waals surface area contributed by atoms with E-state index in [1.54, 1.807) is 6.07 Å². The van der Waals surface area contributed by atoms with E-state index >= 15 is 0 Å². The molecule has 8 heteroatoms. The minimum absolute atomic E-state index is 0.0903. The molecule has 0 atom stereocenters. The molecule has 2 heterocycles. The number of methoxy groups -OCH3 is 1. The summed E-state index contributed by atoms with van der Waals surface area (Å²) >= 11 is 0. The van der Waals surface area contributed by atoms with Crippen LogP contribution in [0.4, 0.5) is 11.8 Å². The zero-order valence-electron chi connectivity index (χ0n) is 10.1. The van der Waals surface area contributed by atoms with Gasteiger partial charge >= 0.3 is 0 Å². The van der Waals surface area contributed by atoms with Gasteiger partial charge in [-0.1, -0.05) is 0 Å². The Kier molecular flexibility index (Phi) is 3.55. The number of hydrogen-bond acceptors (Lipinski definition) is 7. The Balaban J connectivity index is 2.04. The van der Waals surface area contributed by atoms with Gasteiger partial charge in [0.15, 0.2) is 0 Å². The first-order chi connectivity index (χ1) is 8.48. The lowest BCUT2D eigenvalue weighted by Crippen LogP contribution is -2.32. The third-order valence-electron chi connectivity index (χ3n) is 2.84. The van der Waals surface area contributed by atoms with E-state index in [1.807, 2.05) is 0 Å². The van der Waals surface area contributed by atoms with E-state index in [9.17, 15) is 8.42 Å². The quantitative estimate of drug-likeness (QED) is 0.800. The molecule has 1 aromatic rings. The van der Waals surface area contributed by atoms with Crippen molar-refractivity contribution in [3.8, 4) is 5.88 Å². The molecule has 0 radical (unpaired) electrons. The molecule has 0 spiro atoms. The van der Waals surface area contributed by atoms with Gasteiger partial charge in [-0.05, 0) is 12.8 Å². The summed E-state index contributed by atoms with van der Waals surface area (Å²) in [5.74, 6) is 1.49. The second kappa shape index (κ2) is 4.97. The van der Waals surface area contributed by atoms with Crippen LogP contribution in [0.1, 0.15) is 12.8 Å². The first kappa shape index (κ1) is 12.9. The predicted octanol–water partition coefficient (Wildman–Crippen LogP) is 0.0565. The van der Waals surface area contributed by atoms with E-state index in [-0.39, 0.29) is 23.5 Å². The molecule has 100 valence electrons. The molecular formula is C10H16N4O3S. The molecule has 1 fully saturated rings. The first-order valence-electron chi connectivity index (χ1n) is 5.64. The molecule has 1 aliphatic rings. The molecule has 0 aromatic carbocycles. The molecule has 3 N–H and O–H groups in total. The lowest BCUT2D eigenvalue weighted by molar-refractivity contribution is 0.398. The number of nitrogens with two attached hydrogens (primary N) is 1. The van der Waals surface area contributed by atoms with E-state index in [0.717, 1.165) is 0 Å². The van der Waals surface area contributed by atoms with Crippen molar-refractivity contribution < 1.29 is 13.2 Å². The van der Waals surface area contributed by atoms with Crippen LogP contribution in [0.5, 0.6) is 5.88 Å². The average molecular weight is 272 g/mol. The Labute approximate surface area is 106 Å². The summed E-state index contributed by atoms with van der Waals surface area (Å²) in [4.78, 5) is 7.92. The van der Waals surface area contributed by atoms with Gasteiger partial charge in [-0.25, -0.2) is 8.42 Å². The fourth-order valence-electron chi connectivity index (χ4n) is 1.86. The van der Waals surface area contributed by atoms with Crippen LogP contribution in [0.3, 0.4) is 0 Å². The molecule has 1 saturated heterocycles. The van der Waals surface area contributed by atoms with Crippen molar-refractivity contribution >= 4 is 21.6 Å². The number of ether oxygens (including phenoxy) is 1. The Morgan fingerprint density at radius 1 is 1.39 bits per heavy atom. The number of nitrogens with zero attached hydrogens (tertiary/aromatic N) is 2. The highest BCUT2D eigenvalue weighted by atomic mass is 32.2. The molecule has 0 amide bonds. The molecule has 0 aliphatic carbocycles. The molecule has 1 aromatic heterocycles. The highest BCUT2D eigenvalue weighted by Crippen LogP contribution is 2.19. The SMILES string of the molecule is COc1cc(NC2CCS(=O)(=O)CC2)nc(N)n1. The maximum Gasteiger partial charge on any atom is 0.225 e. The maximum absolute atomic E-state index is 11.3. The van der Waals surface area contributed by atoms with E-state index in [2.05, 4.69) is 15.3 Å². The summed E-state index contributed by atoms with van der Waals surface area (Å²) in [6, 6.07) is 1.73. The summed E-state index contributed by atoms with van der Waals surface area (Å²) in [5.41, 5.74) is 5.55. The third kappa shape index (κ3) is 3.22. The van der Waals surface area contributed by atoms with E-state index < -0.39 is 9.84 Å². The summed E-state index contributed by atoms with van der Waals surface area (Å²) in [5, 5.41) is 3.16. The minimum atomic E-state index is -2.85. The first-order valence-corrected chi connectivity index (χ1v) is 7.46. The molecular weight excluding hydrogens is 256 g/mol. The highest BCUT2D eigenvalue weighted by Gasteiger charge is 2.23. The van der Waals surface area contributed by atoms with Gasteiger partial charge in [0.1, 0.15) is 15.7 Å². The van der Waals surface area contributed by atoms with Crippen LogP contribution in [-0.4, -0.2) is 43.0 Å². The minimum Gasteiger partial charge on any atom is -0.481 e. The van der Waals surface area contributed by atoms with Crippen LogP contribution >= 0.6 is 0 Å². The van der Waals surface area contributed by atoms with Gasteiger partial charge in [0.2, 0.25) is 11.8 Å². The monoisotopic (exact) mass is 272 g/mol. The molecule has 0 bridgehead atoms. The van der Waals surface area contributed by atoms with Gasteiger partial charge in [0, 0.05) is 12.1 Å². The van der Waals surface area contributed by atoms with Gasteiger partial charge < -0.3 is 15.8 Å². The number of nitrogen functional groups attached to an aromatic ring is 1. The van der Waals surface area contributed by atoms with Crippen LogP contribution in [-0.2, 0) is 9.84 Å². The van der Waals surface area contributed by atoms with Crippen molar-refractivity contribution in [3.63, 3.8) is 0 Å². The number of sulfone groups is 1. The molecule has 7 nitrogen and oxygen atoms in total. The van der Waals surface area contributed by atoms with Crippen molar-refractivity contribution in [2.24, 2.45) is 0 Å². The lowest BCUT2D eigenvalue weighted by Gasteiger charge is -2.23. The average Bonchev–Trinajstić information content (AvgIpc) is 2.31. The Morgan fingerprint density at radius 2 is 2.06 bits per heavy atom. The van der Waals surface area contributed by atoms with Crippen molar-refractivity contribution in [1.82, 2.24) is 9.97 Å². The fourth-order valence-corrected chi connectivity index (χ4v) is 3.36. The van der Waals surface area contributed by atoms with Crippen LogP contribution in [0, 0.1) is 0 Å². The van der Waals surface area contributed by atoms with Gasteiger partial charge in [-0.2, -0.15) is 9.97 Å². The van der Waals surface area contributed by atoms with E-state index in [1.165, 1.54) is 7.11 Å². The molecule has 1 aliphatic heterocycles. The maximum atomic E-state index is 11.3. The Bertz CT molecular complexity index is 518. The van der Waals surface area contributed by atoms with Crippen molar-refractivity contribution in [3.05, 3.63) is 6.07 Å². The second-order valence-electron chi connectivity index (χ2n) is 4.22. The molecule has 0 saturated carbocycles. The van der Waals surface area contributed by atoms with Crippen LogP contribution < -0.4 is 15.8 Å². The molecule has 0 unspecified atom stereocenters. The van der Waals surface area contributed by atoms with Gasteiger partial charge in [0.25, 0.3) is 0 Å². The summed E-state index contributed by atoms with van der Waals surface area (Å²) in [7, 11) is -1.35. The number of rotatable bonds is 3. The molecule has 18 heavy (non-hydrogen) atoms. The fraction of sp³-hybridized carbons (Fsp3) is 0.600.